The molecule has 92 valence electrons. The van der Waals surface area contributed by atoms with Gasteiger partial charge in [0.2, 0.25) is 0 Å². The molecular weight excluding hydrogens is 198 g/mol. The molecule has 2 nitrogen and oxygen atoms in total. The van der Waals surface area contributed by atoms with Gasteiger partial charge in [-0.3, -0.25) is 0 Å². The first-order chi connectivity index (χ1) is 7.83. The van der Waals surface area contributed by atoms with Gasteiger partial charge < -0.3 is 10.1 Å². The molecule has 3 fully saturated rings. The van der Waals surface area contributed by atoms with E-state index in [2.05, 4.69) is 12.4 Å². The third-order valence-electron chi connectivity index (χ3n) is 5.53. The summed E-state index contributed by atoms with van der Waals surface area (Å²) in [5.74, 6) is 0.964. The van der Waals surface area contributed by atoms with E-state index in [4.69, 9.17) is 4.74 Å². The van der Waals surface area contributed by atoms with Crippen molar-refractivity contribution in [2.45, 2.75) is 44.9 Å². The lowest BCUT2D eigenvalue weighted by Crippen LogP contribution is -2.57. The van der Waals surface area contributed by atoms with Crippen LogP contribution in [0.3, 0.4) is 0 Å². The number of hydrogen-bond acceptors (Lipinski definition) is 2. The van der Waals surface area contributed by atoms with E-state index in [0.29, 0.717) is 10.8 Å². The average Bonchev–Trinajstić information content (AvgIpc) is 2.99. The molecular formula is C14H25NO. The molecule has 0 unspecified atom stereocenters. The maximum absolute atomic E-state index is 5.64. The molecule has 2 heteroatoms. The van der Waals surface area contributed by atoms with Gasteiger partial charge in [-0.2, -0.15) is 0 Å². The Bertz CT molecular complexity index is 249. The van der Waals surface area contributed by atoms with E-state index in [9.17, 15) is 0 Å². The SMILES string of the molecule is CNCC1(C2(C3CCCCC3)COC2)CC1. The van der Waals surface area contributed by atoms with Crippen LogP contribution in [0.25, 0.3) is 0 Å². The molecule has 16 heavy (non-hydrogen) atoms. The molecule has 1 N–H and O–H groups in total. The summed E-state index contributed by atoms with van der Waals surface area (Å²) in [6, 6.07) is 0. The Labute approximate surface area is 99.1 Å². The van der Waals surface area contributed by atoms with Crippen LogP contribution in [0.1, 0.15) is 44.9 Å². The van der Waals surface area contributed by atoms with Gasteiger partial charge in [0.15, 0.2) is 0 Å². The molecule has 0 aromatic carbocycles. The number of nitrogens with one attached hydrogen (secondary N) is 1. The highest BCUT2D eigenvalue weighted by Crippen LogP contribution is 2.66. The van der Waals surface area contributed by atoms with Crippen molar-refractivity contribution in [3.05, 3.63) is 0 Å². The topological polar surface area (TPSA) is 21.3 Å². The molecule has 0 amide bonds. The molecule has 1 heterocycles. The minimum Gasteiger partial charge on any atom is -0.380 e. The van der Waals surface area contributed by atoms with E-state index in [1.165, 1.54) is 51.5 Å². The fraction of sp³-hybridized carbons (Fsp3) is 1.00. The summed E-state index contributed by atoms with van der Waals surface area (Å²) < 4.78 is 5.64. The van der Waals surface area contributed by atoms with E-state index >= 15 is 0 Å². The van der Waals surface area contributed by atoms with Crippen molar-refractivity contribution >= 4 is 0 Å². The number of ether oxygens (including phenoxy) is 1. The fourth-order valence-electron chi connectivity index (χ4n) is 4.29. The van der Waals surface area contributed by atoms with Gasteiger partial charge in [-0.05, 0) is 44.1 Å². The van der Waals surface area contributed by atoms with E-state index in [0.717, 1.165) is 19.1 Å². The van der Waals surface area contributed by atoms with Gasteiger partial charge in [-0.15, -0.1) is 0 Å². The second-order valence-electron chi connectivity index (χ2n) is 6.29. The van der Waals surface area contributed by atoms with Gasteiger partial charge >= 0.3 is 0 Å². The Morgan fingerprint density at radius 1 is 1.12 bits per heavy atom. The normalized spacial score (nSPS) is 32.1. The summed E-state index contributed by atoms with van der Waals surface area (Å²) in [6.07, 6.45) is 10.2. The first-order valence-corrected chi connectivity index (χ1v) is 7.05. The monoisotopic (exact) mass is 223 g/mol. The fourth-order valence-corrected chi connectivity index (χ4v) is 4.29. The summed E-state index contributed by atoms with van der Waals surface area (Å²) in [5.41, 5.74) is 1.18. The standard InChI is InChI=1S/C14H25NO/c1-15-9-13(7-8-13)14(10-16-11-14)12-5-3-2-4-6-12/h12,15H,2-11H2,1H3. The average molecular weight is 223 g/mol. The molecule has 0 radical (unpaired) electrons. The number of hydrogen-bond donors (Lipinski definition) is 1. The van der Waals surface area contributed by atoms with Gasteiger partial charge in [0.1, 0.15) is 0 Å². The minimum atomic E-state index is 0.566. The molecule has 0 spiro atoms. The van der Waals surface area contributed by atoms with Crippen LogP contribution in [0.5, 0.6) is 0 Å². The molecule has 0 aromatic rings. The highest BCUT2D eigenvalue weighted by molar-refractivity contribution is 5.13. The zero-order valence-corrected chi connectivity index (χ0v) is 10.6. The highest BCUT2D eigenvalue weighted by atomic mass is 16.5. The molecule has 0 atom stereocenters. The van der Waals surface area contributed by atoms with Crippen molar-refractivity contribution in [1.82, 2.24) is 5.32 Å². The molecule has 1 aliphatic heterocycles. The molecule has 0 aromatic heterocycles. The molecule has 1 saturated heterocycles. The van der Waals surface area contributed by atoms with Crippen LogP contribution in [0.2, 0.25) is 0 Å². The summed E-state index contributed by atoms with van der Waals surface area (Å²) in [4.78, 5) is 0. The summed E-state index contributed by atoms with van der Waals surface area (Å²) in [7, 11) is 2.11. The molecule has 3 aliphatic rings. The summed E-state index contributed by atoms with van der Waals surface area (Å²) in [6.45, 7) is 3.32. The van der Waals surface area contributed by atoms with Crippen molar-refractivity contribution in [2.24, 2.45) is 16.7 Å². The predicted molar refractivity (Wildman–Crippen MR) is 65.4 cm³/mol. The Morgan fingerprint density at radius 3 is 2.25 bits per heavy atom. The molecule has 0 bridgehead atoms. The lowest BCUT2D eigenvalue weighted by Gasteiger charge is -2.54. The van der Waals surface area contributed by atoms with E-state index in [-0.39, 0.29) is 0 Å². The highest BCUT2D eigenvalue weighted by Gasteiger charge is 2.64. The Kier molecular flexibility index (Phi) is 2.75. The third-order valence-corrected chi connectivity index (χ3v) is 5.53. The summed E-state index contributed by atoms with van der Waals surface area (Å²) in [5, 5.41) is 3.43. The maximum Gasteiger partial charge on any atom is 0.0553 e. The van der Waals surface area contributed by atoms with Crippen LogP contribution in [-0.2, 0) is 4.74 Å². The van der Waals surface area contributed by atoms with Crippen LogP contribution >= 0.6 is 0 Å². The first-order valence-electron chi connectivity index (χ1n) is 7.05. The van der Waals surface area contributed by atoms with E-state index in [1.54, 1.807) is 0 Å². The first kappa shape index (κ1) is 11.0. The second kappa shape index (κ2) is 3.99. The van der Waals surface area contributed by atoms with Gasteiger partial charge in [-0.1, -0.05) is 19.3 Å². The second-order valence-corrected chi connectivity index (χ2v) is 6.29. The third kappa shape index (κ3) is 1.46. The van der Waals surface area contributed by atoms with Crippen LogP contribution in [0.4, 0.5) is 0 Å². The summed E-state index contributed by atoms with van der Waals surface area (Å²) >= 11 is 0. The van der Waals surface area contributed by atoms with Gasteiger partial charge in [0.05, 0.1) is 13.2 Å². The lowest BCUT2D eigenvalue weighted by molar-refractivity contribution is -0.192. The van der Waals surface area contributed by atoms with Crippen LogP contribution in [-0.4, -0.2) is 26.8 Å². The van der Waals surface area contributed by atoms with E-state index in [1.807, 2.05) is 0 Å². The Morgan fingerprint density at radius 2 is 1.81 bits per heavy atom. The van der Waals surface area contributed by atoms with Crippen molar-refractivity contribution in [2.75, 3.05) is 26.8 Å². The van der Waals surface area contributed by atoms with E-state index < -0.39 is 0 Å². The van der Waals surface area contributed by atoms with Crippen molar-refractivity contribution in [1.29, 1.82) is 0 Å². The minimum absolute atomic E-state index is 0.566. The molecule has 3 rings (SSSR count). The maximum atomic E-state index is 5.64. The van der Waals surface area contributed by atoms with Crippen molar-refractivity contribution in [3.8, 4) is 0 Å². The number of rotatable bonds is 4. The lowest BCUT2D eigenvalue weighted by atomic mass is 9.59. The van der Waals surface area contributed by atoms with Crippen molar-refractivity contribution < 1.29 is 4.74 Å². The smallest absolute Gasteiger partial charge is 0.0553 e. The van der Waals surface area contributed by atoms with Gasteiger partial charge in [0, 0.05) is 12.0 Å². The van der Waals surface area contributed by atoms with Gasteiger partial charge in [0.25, 0.3) is 0 Å². The quantitative estimate of drug-likeness (QED) is 0.791. The van der Waals surface area contributed by atoms with Crippen LogP contribution < -0.4 is 5.32 Å². The molecule has 2 aliphatic carbocycles. The predicted octanol–water partition coefficient (Wildman–Crippen LogP) is 2.58. The molecule has 2 saturated carbocycles. The zero-order chi connectivity index (χ0) is 11.1. The Balaban J connectivity index is 1.77. The largest absolute Gasteiger partial charge is 0.380 e. The van der Waals surface area contributed by atoms with Crippen LogP contribution in [0, 0.1) is 16.7 Å². The van der Waals surface area contributed by atoms with Crippen molar-refractivity contribution in [3.63, 3.8) is 0 Å². The van der Waals surface area contributed by atoms with Crippen LogP contribution in [0.15, 0.2) is 0 Å². The zero-order valence-electron chi connectivity index (χ0n) is 10.6. The Hall–Kier alpha value is -0.0800. The van der Waals surface area contributed by atoms with Gasteiger partial charge in [-0.25, -0.2) is 0 Å².